The maximum atomic E-state index is 11.9. The summed E-state index contributed by atoms with van der Waals surface area (Å²) in [7, 11) is -0.307. The zero-order valence-electron chi connectivity index (χ0n) is 20.4. The van der Waals surface area contributed by atoms with Crippen LogP contribution in [0.5, 0.6) is 5.75 Å². The van der Waals surface area contributed by atoms with E-state index in [1.165, 1.54) is 13.4 Å². The number of rotatable bonds is 9. The number of anilines is 1. The van der Waals surface area contributed by atoms with Crippen molar-refractivity contribution in [3.63, 3.8) is 0 Å². The number of nitrogen functional groups attached to an aromatic ring is 1. The lowest BCUT2D eigenvalue weighted by Crippen LogP contribution is -2.35. The van der Waals surface area contributed by atoms with Crippen LogP contribution >= 0.6 is 8.53 Å². The van der Waals surface area contributed by atoms with Crippen LogP contribution in [0.4, 0.5) is 10.6 Å². The zero-order valence-corrected chi connectivity index (χ0v) is 21.3. The van der Waals surface area contributed by atoms with Gasteiger partial charge in [-0.15, -0.1) is 0 Å². The first-order valence-corrected chi connectivity index (χ1v) is 12.4. The van der Waals surface area contributed by atoms with Crippen LogP contribution in [0, 0.1) is 0 Å². The molecule has 5 N–H and O–H groups in total. The third-order valence-corrected chi connectivity index (χ3v) is 6.80. The fourth-order valence-electron chi connectivity index (χ4n) is 3.54. The van der Waals surface area contributed by atoms with E-state index in [9.17, 15) is 4.79 Å². The van der Waals surface area contributed by atoms with Gasteiger partial charge < -0.3 is 34.5 Å². The summed E-state index contributed by atoms with van der Waals surface area (Å²) in [6.45, 7) is 3.62. The van der Waals surface area contributed by atoms with Crippen LogP contribution in [0.15, 0.2) is 43.0 Å². The van der Waals surface area contributed by atoms with Gasteiger partial charge in [0, 0.05) is 0 Å². The van der Waals surface area contributed by atoms with Gasteiger partial charge in [0.1, 0.15) is 29.9 Å². The Morgan fingerprint density at radius 3 is 2.57 bits per heavy atom. The van der Waals surface area contributed by atoms with Crippen molar-refractivity contribution < 1.29 is 38.3 Å². The smallest absolute Gasteiger partial charge is 0.468 e. The Labute approximate surface area is 213 Å². The highest BCUT2D eigenvalue weighted by atomic mass is 31.2. The molecule has 14 nitrogen and oxygen atoms in total. The molecular formula is C22H29N6O8P. The fraction of sp³-hybridized carbons (Fsp3) is 0.409. The number of benzene rings is 1. The van der Waals surface area contributed by atoms with Crippen LogP contribution in [0.2, 0.25) is 0 Å². The molecule has 5 unspecified atom stereocenters. The number of esters is 1. The third-order valence-electron chi connectivity index (χ3n) is 5.30. The molecule has 1 aliphatic rings. The molecule has 1 aromatic carbocycles. The van der Waals surface area contributed by atoms with Gasteiger partial charge in [0.05, 0.1) is 25.6 Å². The lowest BCUT2D eigenvalue weighted by Gasteiger charge is -2.27. The number of nitrogens with one attached hydrogen (secondary N) is 1. The average molecular weight is 536 g/mol. The van der Waals surface area contributed by atoms with Crippen molar-refractivity contribution in [1.29, 1.82) is 0 Å². The Morgan fingerprint density at radius 1 is 1.19 bits per heavy atom. The van der Waals surface area contributed by atoms with Crippen LogP contribution in [0.1, 0.15) is 32.9 Å². The number of imidazole rings is 1. The van der Waals surface area contributed by atoms with Gasteiger partial charge in [-0.2, -0.15) is 0 Å². The van der Waals surface area contributed by atoms with E-state index < -0.39 is 26.7 Å². The number of fused-ring (bicyclic) bond motifs is 1. The number of carboxylic acid groups (broad SMARTS) is 2. The average Bonchev–Trinajstić information content (AvgIpc) is 3.52. The van der Waals surface area contributed by atoms with Gasteiger partial charge in [-0.1, -0.05) is 18.2 Å². The Balaban J connectivity index is 0.000000886. The van der Waals surface area contributed by atoms with Gasteiger partial charge in [-0.25, -0.2) is 24.8 Å². The Bertz CT molecular complexity index is 1180. The molecule has 1 aliphatic heterocycles. The van der Waals surface area contributed by atoms with Gasteiger partial charge in [-0.05, 0) is 38.8 Å². The molecule has 2 aromatic heterocycles. The zero-order chi connectivity index (χ0) is 26.9. The molecule has 0 aliphatic carbocycles. The first kappa shape index (κ1) is 28.0. The summed E-state index contributed by atoms with van der Waals surface area (Å²) < 4.78 is 25.2. The Hall–Kier alpha value is -3.58. The number of methoxy groups -OCH3 is 1. The van der Waals surface area contributed by atoms with Crippen LogP contribution in [-0.4, -0.2) is 67.2 Å². The summed E-state index contributed by atoms with van der Waals surface area (Å²) in [4.78, 5) is 33.1. The highest BCUT2D eigenvalue weighted by molar-refractivity contribution is 7.45. The topological polar surface area (TPSA) is 193 Å². The summed E-state index contributed by atoms with van der Waals surface area (Å²) in [5, 5.41) is 17.0. The highest BCUT2D eigenvalue weighted by Gasteiger charge is 2.35. The molecule has 5 atom stereocenters. The summed E-state index contributed by atoms with van der Waals surface area (Å²) in [6, 6.07) is 8.69. The normalized spacial score (nSPS) is 19.3. The van der Waals surface area contributed by atoms with Crippen molar-refractivity contribution >= 4 is 37.6 Å². The minimum Gasteiger partial charge on any atom is -0.468 e. The molecular weight excluding hydrogens is 507 g/mol. The maximum Gasteiger partial charge on any atom is 0.503 e. The minimum atomic E-state index is -1.83. The number of nitrogens with zero attached hydrogens (tertiary/aromatic N) is 4. The van der Waals surface area contributed by atoms with Crippen molar-refractivity contribution in [2.24, 2.45) is 0 Å². The van der Waals surface area contributed by atoms with Crippen LogP contribution in [0.25, 0.3) is 11.2 Å². The molecule has 0 radical (unpaired) electrons. The number of para-hydroxylation sites is 1. The molecule has 200 valence electrons. The van der Waals surface area contributed by atoms with E-state index in [1.807, 2.05) is 41.8 Å². The summed E-state index contributed by atoms with van der Waals surface area (Å²) in [5.74, 6) is 0.563. The minimum absolute atomic E-state index is 0.189. The number of carbonyl (C=O) groups is 2. The molecule has 1 saturated heterocycles. The lowest BCUT2D eigenvalue weighted by molar-refractivity contribution is -0.142. The monoisotopic (exact) mass is 536 g/mol. The van der Waals surface area contributed by atoms with Crippen molar-refractivity contribution in [3.05, 3.63) is 43.0 Å². The number of hydrogen-bond acceptors (Lipinski definition) is 11. The van der Waals surface area contributed by atoms with E-state index in [0.717, 1.165) is 12.8 Å². The molecule has 0 bridgehead atoms. The molecule has 0 amide bonds. The number of ether oxygens (including phenoxy) is 2. The quantitative estimate of drug-likeness (QED) is 0.230. The first-order valence-electron chi connectivity index (χ1n) is 11.2. The number of nitrogens with two attached hydrogens (primary N) is 1. The first-order chi connectivity index (χ1) is 17.7. The van der Waals surface area contributed by atoms with E-state index in [4.69, 9.17) is 39.3 Å². The molecule has 4 rings (SSSR count). The molecule has 3 heterocycles. The molecule has 15 heteroatoms. The predicted octanol–water partition coefficient (Wildman–Crippen LogP) is 3.17. The summed E-state index contributed by atoms with van der Waals surface area (Å²) in [6.07, 6.45) is 2.03. The third kappa shape index (κ3) is 7.70. The van der Waals surface area contributed by atoms with Gasteiger partial charge >= 0.3 is 20.7 Å². The van der Waals surface area contributed by atoms with Crippen LogP contribution < -0.4 is 15.3 Å². The molecule has 0 saturated carbocycles. The number of hydrogen-bond donors (Lipinski definition) is 4. The van der Waals surface area contributed by atoms with E-state index in [2.05, 4.69) is 20.0 Å². The summed E-state index contributed by atoms with van der Waals surface area (Å²) >= 11 is 0. The van der Waals surface area contributed by atoms with Crippen molar-refractivity contribution in [2.45, 2.75) is 51.2 Å². The van der Waals surface area contributed by atoms with Crippen molar-refractivity contribution in [3.8, 4) is 5.75 Å². The van der Waals surface area contributed by atoms with Crippen molar-refractivity contribution in [1.82, 2.24) is 24.6 Å². The van der Waals surface area contributed by atoms with Gasteiger partial charge in [-0.3, -0.25) is 9.36 Å². The van der Waals surface area contributed by atoms with E-state index >= 15 is 0 Å². The Kier molecular flexibility index (Phi) is 9.92. The van der Waals surface area contributed by atoms with Gasteiger partial charge in [0.15, 0.2) is 11.5 Å². The van der Waals surface area contributed by atoms with Crippen LogP contribution in [-0.2, 0) is 18.8 Å². The molecule has 37 heavy (non-hydrogen) atoms. The van der Waals surface area contributed by atoms with Gasteiger partial charge in [0.25, 0.3) is 0 Å². The molecule has 1 fully saturated rings. The van der Waals surface area contributed by atoms with E-state index in [0.29, 0.717) is 22.7 Å². The van der Waals surface area contributed by atoms with E-state index in [1.54, 1.807) is 13.3 Å². The fourth-order valence-corrected chi connectivity index (χ4v) is 4.87. The van der Waals surface area contributed by atoms with Gasteiger partial charge in [0.2, 0.25) is 0 Å². The van der Waals surface area contributed by atoms with Crippen molar-refractivity contribution in [2.75, 3.05) is 12.8 Å². The lowest BCUT2D eigenvalue weighted by atomic mass is 10.1. The Morgan fingerprint density at radius 2 is 1.89 bits per heavy atom. The second-order valence-corrected chi connectivity index (χ2v) is 9.08. The second-order valence-electron chi connectivity index (χ2n) is 7.92. The SMILES string of the molecule is COC(=O)C(C)NP(Oc1ccccc1)OC(C)C1CCC(n2cnc3c(N)ncnc32)O1.O=C(O)O. The van der Waals surface area contributed by atoms with E-state index in [-0.39, 0.29) is 18.4 Å². The standard InChI is InChI=1S/C21H27N6O5P.CH2O3/c1-13(21(28)29-3)26-33(32-15-7-5-4-6-8-15)31-14(2)16-9-10-17(30-16)27-12-25-18-19(22)23-11-24-20(18)27;2-1(3)4/h4-8,11-14,16-17,26H,9-10H2,1-3H3,(H2,22,23,24);(H2,2,3,4). The maximum absolute atomic E-state index is 11.9. The summed E-state index contributed by atoms with van der Waals surface area (Å²) in [5.41, 5.74) is 7.07. The number of carbonyl (C=O) groups excluding carboxylic acids is 1. The predicted molar refractivity (Wildman–Crippen MR) is 133 cm³/mol. The highest BCUT2D eigenvalue weighted by Crippen LogP contribution is 2.41. The second kappa shape index (κ2) is 13.1. The molecule has 0 spiro atoms. The van der Waals surface area contributed by atoms with Crippen LogP contribution in [0.3, 0.4) is 0 Å². The number of aromatic nitrogens is 4. The largest absolute Gasteiger partial charge is 0.503 e. The molecule has 3 aromatic rings.